The smallest absolute Gasteiger partial charge is 0.337 e. The van der Waals surface area contributed by atoms with E-state index in [0.29, 0.717) is 67.8 Å². The lowest BCUT2D eigenvalue weighted by molar-refractivity contribution is -0.386. The van der Waals surface area contributed by atoms with Gasteiger partial charge in [-0.3, -0.25) is 68.7 Å². The van der Waals surface area contributed by atoms with E-state index in [2.05, 4.69) is 31.9 Å². The third kappa shape index (κ3) is 32.2. The minimum Gasteiger partial charge on any atom is -0.491 e. The van der Waals surface area contributed by atoms with Crippen LogP contribution in [0.3, 0.4) is 0 Å². The number of carbonyl (C=O) groups is 9. The van der Waals surface area contributed by atoms with Crippen LogP contribution in [0.15, 0.2) is 206 Å². The molecule has 0 radical (unpaired) electrons. The molecule has 742 valence electrons. The molecule has 0 aromatic heterocycles. The third-order valence-electron chi connectivity index (χ3n) is 19.9. The number of hydrogen-bond acceptors (Lipinski definition) is 26. The Morgan fingerprint density at radius 3 is 0.908 bits per heavy atom. The van der Waals surface area contributed by atoms with Gasteiger partial charge in [0.2, 0.25) is 11.8 Å². The van der Waals surface area contributed by atoms with Gasteiger partial charge in [0.05, 0.1) is 121 Å². The molecule has 0 aliphatic carbocycles. The molecule has 37 nitrogen and oxygen atoms in total. The molecule has 0 bridgehead atoms. The Hall–Kier alpha value is -16.7. The molecule has 141 heavy (non-hydrogen) atoms. The Labute approximate surface area is 814 Å². The topological polar surface area (TPSA) is 520 Å². The lowest BCUT2D eigenvalue weighted by atomic mass is 10.1. The first-order valence-electron chi connectivity index (χ1n) is 45.2. The summed E-state index contributed by atoms with van der Waals surface area (Å²) in [5.74, 6) is -2.90. The van der Waals surface area contributed by atoms with E-state index in [-0.39, 0.29) is 193 Å². The van der Waals surface area contributed by atoms with Gasteiger partial charge in [0.1, 0.15) is 41.1 Å². The van der Waals surface area contributed by atoms with Crippen molar-refractivity contribution < 1.29 is 110 Å². The van der Waals surface area contributed by atoms with Gasteiger partial charge in [-0.15, -0.1) is 0 Å². The van der Waals surface area contributed by atoms with Crippen LogP contribution in [0.1, 0.15) is 195 Å². The van der Waals surface area contributed by atoms with Crippen molar-refractivity contribution in [3.05, 3.63) is 292 Å². The molecule has 8 amide bonds. The van der Waals surface area contributed by atoms with Gasteiger partial charge < -0.3 is 95.8 Å². The van der Waals surface area contributed by atoms with Crippen molar-refractivity contribution >= 4 is 115 Å². The number of benzene rings is 11. The minimum absolute atomic E-state index is 0.00782. The summed E-state index contributed by atoms with van der Waals surface area (Å²) in [6, 6.07) is 52.6. The number of esters is 1. The van der Waals surface area contributed by atoms with Gasteiger partial charge in [0.25, 0.3) is 35.4 Å². The fourth-order valence-corrected chi connectivity index (χ4v) is 12.9. The number of anilines is 6. The minimum atomic E-state index is -0.651. The average Bonchev–Trinajstić information content (AvgIpc) is 0.814. The Kier molecular flexibility index (Phi) is 39.8. The number of rotatable bonds is 45. The van der Waals surface area contributed by atoms with Gasteiger partial charge in [0, 0.05) is 87.3 Å². The molecule has 0 unspecified atom stereocenters. The fraction of sp³-hybridized carbons (Fsp3) is 0.298. The van der Waals surface area contributed by atoms with Crippen molar-refractivity contribution in [3.63, 3.8) is 0 Å². The number of nitro benzene ring substituents is 3. The molecule has 0 saturated heterocycles. The van der Waals surface area contributed by atoms with Crippen LogP contribution >= 0.6 is 0 Å². The van der Waals surface area contributed by atoms with E-state index in [9.17, 15) is 73.5 Å². The second kappa shape index (κ2) is 52.0. The Balaban J connectivity index is 0.000000237. The number of primary amides is 2. The van der Waals surface area contributed by atoms with Crippen LogP contribution in [0.2, 0.25) is 0 Å². The summed E-state index contributed by atoms with van der Waals surface area (Å²) in [5.41, 5.74) is 14.6. The highest BCUT2D eigenvalue weighted by molar-refractivity contribution is 6.12. The first-order chi connectivity index (χ1) is 67.2. The monoisotopic (exact) mass is 1930 g/mol. The zero-order valence-electron chi connectivity index (χ0n) is 80.5. The molecule has 11 aromatic carbocycles. The molecule has 0 fully saturated rings. The summed E-state index contributed by atoms with van der Waals surface area (Å²) < 4.78 is 56.8. The summed E-state index contributed by atoms with van der Waals surface area (Å²) >= 11 is 0. The quantitative estimate of drug-likeness (QED) is 0.00972. The third-order valence-corrected chi connectivity index (χ3v) is 19.9. The van der Waals surface area contributed by atoms with Gasteiger partial charge in [-0.2, -0.15) is 0 Å². The van der Waals surface area contributed by atoms with E-state index in [1.165, 1.54) is 153 Å². The number of hydrogen-bond donors (Lipinski definition) is 9. The molecule has 0 aliphatic heterocycles. The van der Waals surface area contributed by atoms with Crippen molar-refractivity contribution in [2.75, 3.05) is 98.5 Å². The lowest BCUT2D eigenvalue weighted by Crippen LogP contribution is -2.17. The first-order valence-corrected chi connectivity index (χ1v) is 45.2. The molecule has 0 atom stereocenters. The standard InChI is InChI=1S/C40H40N4O8.C33H39N3O9.C31H36N4O9/c1-24(2)23-51-35-21-30(39(46)43-33-14-11-29(38(41)45)20-36(33)52-25(3)4)12-15-32(35)42-40(47)31-13-16-34(44(48)49)37(22-31)50-18-17-26-9-10-27-7-5-6-8-28(27)19-26;1-7-14-43-28-17-24(33(39)42-6)9-12-25(28)34-31(37)22-8-11-26(29(15-22)44-18-20(2)3)35-32(38)23-10-13-27(36(40)41)30(16-23)45-19-21(4)5;1-18(2)16-43-26-13-20(29(32)37)5-8-23(26)33-30(38)21-6-9-24(27(14-21)44-17-19(3)4)34-31(39)22-7-10-25(35(40)41)28(15-22)42-12-11-36/h5-16,19-22,24-25H,17-18,23H2,1-4H3,(H2,41,45)(H,42,47)(H,43,46);8-13,15-17,20-21H,7,14,18-19H2,1-6H3,(H,34,37)(H,35,38);5-10,13-15,18-19,36H,11-12,16-17H2,1-4H3,(H2,32,37)(H,33,38)(H,34,39). The van der Waals surface area contributed by atoms with Crippen LogP contribution < -0.4 is 86.0 Å². The van der Waals surface area contributed by atoms with Crippen molar-refractivity contribution in [1.29, 1.82) is 0 Å². The Morgan fingerprint density at radius 2 is 0.589 bits per heavy atom. The number of nitro groups is 3. The average molecular weight is 1940 g/mol. The van der Waals surface area contributed by atoms with Gasteiger partial charge in [0.15, 0.2) is 17.2 Å². The second-order valence-electron chi connectivity index (χ2n) is 34.4. The summed E-state index contributed by atoms with van der Waals surface area (Å²) in [7, 11) is 1.28. The number of fused-ring (bicyclic) bond motifs is 1. The molecular formula is C104H115N11O26. The molecular weight excluding hydrogens is 1820 g/mol. The highest BCUT2D eigenvalue weighted by Crippen LogP contribution is 2.39. The lowest BCUT2D eigenvalue weighted by Gasteiger charge is -2.17. The van der Waals surface area contributed by atoms with Crippen molar-refractivity contribution in [2.45, 2.75) is 109 Å². The van der Waals surface area contributed by atoms with E-state index in [0.717, 1.165) is 22.4 Å². The summed E-state index contributed by atoms with van der Waals surface area (Å²) in [6.07, 6.45) is 0.970. The second-order valence-corrected chi connectivity index (χ2v) is 34.4. The predicted octanol–water partition coefficient (Wildman–Crippen LogP) is 19.2. The van der Waals surface area contributed by atoms with Crippen molar-refractivity contribution in [2.24, 2.45) is 41.1 Å². The van der Waals surface area contributed by atoms with Crippen LogP contribution in [-0.4, -0.2) is 146 Å². The van der Waals surface area contributed by atoms with Crippen LogP contribution in [0.5, 0.6) is 51.7 Å². The fourth-order valence-electron chi connectivity index (χ4n) is 12.9. The van der Waals surface area contributed by atoms with Crippen LogP contribution in [0.4, 0.5) is 51.2 Å². The maximum absolute atomic E-state index is 13.5. The van der Waals surface area contributed by atoms with Gasteiger partial charge in [-0.05, 0) is 194 Å². The molecule has 37 heteroatoms. The van der Waals surface area contributed by atoms with E-state index < -0.39 is 68.0 Å². The zero-order valence-corrected chi connectivity index (χ0v) is 80.5. The SMILES string of the molecule is CC(C)COc1cc(C(=O)Nc2ccc(C(N)=O)cc2OC(C)C)ccc1NC(=O)c1ccc([N+](=O)[O-])c(OCCc2ccc3ccccc3c2)c1.CC(C)COc1cc(C(N)=O)ccc1NC(=O)c1ccc(NC(=O)c2ccc([N+](=O)[O-])c(OCCO)c2)c(OCC(C)C)c1.CCCOc1cc(C(=O)OC)ccc1NC(=O)c1ccc(NC(=O)c2ccc([N+](=O)[O-])c(OCC(C)C)c2)c(OCC(C)C)c1. The number of nitrogens with two attached hydrogens (primary N) is 2. The number of carbonyl (C=O) groups excluding carboxylic acids is 9. The number of nitrogens with one attached hydrogen (secondary N) is 6. The van der Waals surface area contributed by atoms with Crippen LogP contribution in [0.25, 0.3) is 10.8 Å². The van der Waals surface area contributed by atoms with Gasteiger partial charge in [-0.1, -0.05) is 119 Å². The number of amides is 8. The van der Waals surface area contributed by atoms with E-state index in [1.54, 1.807) is 12.1 Å². The van der Waals surface area contributed by atoms with E-state index >= 15 is 0 Å². The molecule has 11 aromatic rings. The summed E-state index contributed by atoms with van der Waals surface area (Å²) in [5, 5.41) is 62.6. The zero-order chi connectivity index (χ0) is 103. The Bertz CT molecular complexity index is 6380. The maximum Gasteiger partial charge on any atom is 0.337 e. The highest BCUT2D eigenvalue weighted by atomic mass is 16.6. The number of nitrogens with zero attached hydrogens (tertiary/aromatic N) is 3. The molecule has 0 heterocycles. The first kappa shape index (κ1) is 108. The van der Waals surface area contributed by atoms with Crippen LogP contribution in [0, 0.1) is 59.9 Å². The normalized spacial score (nSPS) is 10.8. The maximum atomic E-state index is 13.5. The summed E-state index contributed by atoms with van der Waals surface area (Å²) in [6.45, 7) is 26.4. The van der Waals surface area contributed by atoms with Gasteiger partial charge in [-0.25, -0.2) is 4.79 Å². The van der Waals surface area contributed by atoms with Crippen LogP contribution in [-0.2, 0) is 11.2 Å². The Morgan fingerprint density at radius 1 is 0.319 bits per heavy atom. The molecule has 0 spiro atoms. The molecule has 11 rings (SSSR count). The summed E-state index contributed by atoms with van der Waals surface area (Å²) in [4.78, 5) is 148. The molecule has 0 saturated carbocycles. The van der Waals surface area contributed by atoms with E-state index in [4.69, 9.17) is 63.9 Å². The van der Waals surface area contributed by atoms with E-state index in [1.807, 2.05) is 132 Å². The molecule has 0 aliphatic rings. The predicted molar refractivity (Wildman–Crippen MR) is 533 cm³/mol. The molecule has 11 N–H and O–H groups in total. The number of ether oxygens (including phenoxy) is 10. The number of aliphatic hydroxyl groups excluding tert-OH is 1. The number of aliphatic hydroxyl groups is 1. The van der Waals surface area contributed by atoms with Crippen molar-refractivity contribution in [1.82, 2.24) is 0 Å². The van der Waals surface area contributed by atoms with Gasteiger partial charge >= 0.3 is 23.0 Å². The van der Waals surface area contributed by atoms with Crippen molar-refractivity contribution in [3.8, 4) is 51.7 Å². The number of methoxy groups -OCH3 is 1. The highest BCUT2D eigenvalue weighted by Gasteiger charge is 2.28. The largest absolute Gasteiger partial charge is 0.491 e.